The number of carbonyl (C=O) groups is 1. The Hall–Kier alpha value is -1.55. The van der Waals surface area contributed by atoms with Crippen LogP contribution in [0.5, 0.6) is 0 Å². The van der Waals surface area contributed by atoms with E-state index in [1.807, 2.05) is 22.6 Å². The fourth-order valence-corrected chi connectivity index (χ4v) is 4.32. The number of hydrogen-bond acceptors (Lipinski definition) is 3. The summed E-state index contributed by atoms with van der Waals surface area (Å²) in [6, 6.07) is 6.95. The van der Waals surface area contributed by atoms with Crippen LogP contribution in [-0.2, 0) is 10.0 Å². The molecule has 0 aliphatic rings. The summed E-state index contributed by atoms with van der Waals surface area (Å²) in [7, 11) is -3.86. The summed E-state index contributed by atoms with van der Waals surface area (Å²) >= 11 is 2.02. The average molecular weight is 420 g/mol. The average Bonchev–Trinajstić information content (AvgIpc) is 2.68. The quantitative estimate of drug-likeness (QED) is 0.663. The first-order valence-electron chi connectivity index (χ1n) is 5.94. The number of sulfonamides is 1. The second-order valence-electron chi connectivity index (χ2n) is 4.47. The zero-order valence-electron chi connectivity index (χ0n) is 11.3. The van der Waals surface area contributed by atoms with Gasteiger partial charge < -0.3 is 10.1 Å². The predicted octanol–water partition coefficient (Wildman–Crippen LogP) is 2.74. The highest BCUT2D eigenvalue weighted by Gasteiger charge is 2.26. The largest absolute Gasteiger partial charge is 0.477 e. The van der Waals surface area contributed by atoms with Gasteiger partial charge in [0, 0.05) is 14.8 Å². The van der Waals surface area contributed by atoms with E-state index < -0.39 is 16.0 Å². The number of aromatic carboxylic acids is 1. The van der Waals surface area contributed by atoms with Crippen LogP contribution in [0.15, 0.2) is 29.2 Å². The van der Waals surface area contributed by atoms with Gasteiger partial charge in [-0.1, -0.05) is 12.1 Å². The van der Waals surface area contributed by atoms with Gasteiger partial charge in [-0.15, -0.1) is 0 Å². The van der Waals surface area contributed by atoms with Crippen LogP contribution in [0.1, 0.15) is 21.7 Å². The molecule has 112 valence electrons. The molecule has 0 aliphatic heterocycles. The van der Waals surface area contributed by atoms with Gasteiger partial charge in [0.25, 0.3) is 10.0 Å². The van der Waals surface area contributed by atoms with Gasteiger partial charge >= 0.3 is 5.97 Å². The molecule has 0 radical (unpaired) electrons. The molecule has 0 saturated carbocycles. The smallest absolute Gasteiger partial charge is 0.352 e. The first-order chi connectivity index (χ1) is 9.74. The molecular formula is C13H13IN2O4S. The molecule has 0 fully saturated rings. The van der Waals surface area contributed by atoms with Crippen molar-refractivity contribution in [3.63, 3.8) is 0 Å². The van der Waals surface area contributed by atoms with E-state index in [-0.39, 0.29) is 16.2 Å². The maximum atomic E-state index is 12.5. The zero-order valence-corrected chi connectivity index (χ0v) is 14.2. The van der Waals surface area contributed by atoms with Gasteiger partial charge in [0.05, 0.1) is 5.69 Å². The van der Waals surface area contributed by atoms with Crippen LogP contribution >= 0.6 is 22.6 Å². The van der Waals surface area contributed by atoms with Gasteiger partial charge in [0.2, 0.25) is 0 Å². The molecule has 6 nitrogen and oxygen atoms in total. The highest BCUT2D eigenvalue weighted by atomic mass is 127. The van der Waals surface area contributed by atoms with Crippen molar-refractivity contribution in [2.45, 2.75) is 18.7 Å². The molecule has 1 aromatic carbocycles. The van der Waals surface area contributed by atoms with Crippen LogP contribution < -0.4 is 4.72 Å². The molecule has 0 atom stereocenters. The predicted molar refractivity (Wildman–Crippen MR) is 87.2 cm³/mol. The number of H-pyrrole nitrogens is 1. The Kier molecular flexibility index (Phi) is 4.28. The van der Waals surface area contributed by atoms with Crippen molar-refractivity contribution in [1.29, 1.82) is 0 Å². The first kappa shape index (κ1) is 15.8. The molecule has 1 aromatic heterocycles. The number of para-hydroxylation sites is 1. The van der Waals surface area contributed by atoms with Crippen molar-refractivity contribution < 1.29 is 18.3 Å². The minimum Gasteiger partial charge on any atom is -0.477 e. The number of carboxylic acid groups (broad SMARTS) is 1. The maximum absolute atomic E-state index is 12.5. The number of nitrogens with one attached hydrogen (secondary N) is 2. The van der Waals surface area contributed by atoms with Crippen molar-refractivity contribution in [3.8, 4) is 0 Å². The molecule has 0 aliphatic carbocycles. The normalized spacial score (nSPS) is 11.4. The molecule has 8 heteroatoms. The van der Waals surface area contributed by atoms with E-state index in [0.717, 1.165) is 3.57 Å². The Labute approximate surface area is 135 Å². The second kappa shape index (κ2) is 5.68. The van der Waals surface area contributed by atoms with Gasteiger partial charge in [-0.25, -0.2) is 13.2 Å². The Morgan fingerprint density at radius 2 is 1.90 bits per heavy atom. The maximum Gasteiger partial charge on any atom is 0.352 e. The summed E-state index contributed by atoms with van der Waals surface area (Å²) in [5.74, 6) is -1.19. The summed E-state index contributed by atoms with van der Waals surface area (Å²) in [5.41, 5.74) is 0.826. The van der Waals surface area contributed by atoms with E-state index in [1.54, 1.807) is 24.3 Å². The van der Waals surface area contributed by atoms with E-state index in [1.165, 1.54) is 13.8 Å². The lowest BCUT2D eigenvalue weighted by atomic mass is 10.2. The first-order valence-corrected chi connectivity index (χ1v) is 8.50. The van der Waals surface area contributed by atoms with Crippen LogP contribution in [0.2, 0.25) is 0 Å². The van der Waals surface area contributed by atoms with Gasteiger partial charge in [0.1, 0.15) is 10.6 Å². The third kappa shape index (κ3) is 3.05. The van der Waals surface area contributed by atoms with E-state index in [0.29, 0.717) is 11.4 Å². The second-order valence-corrected chi connectivity index (χ2v) is 7.25. The van der Waals surface area contributed by atoms with E-state index in [2.05, 4.69) is 9.71 Å². The number of benzene rings is 1. The van der Waals surface area contributed by atoms with Crippen LogP contribution in [0, 0.1) is 17.4 Å². The minimum absolute atomic E-state index is 0.0282. The number of halogens is 1. The van der Waals surface area contributed by atoms with E-state index >= 15 is 0 Å². The number of hydrogen-bond donors (Lipinski definition) is 3. The topological polar surface area (TPSA) is 99.3 Å². The molecule has 21 heavy (non-hydrogen) atoms. The summed E-state index contributed by atoms with van der Waals surface area (Å²) in [6.07, 6.45) is 0. The van der Waals surface area contributed by atoms with Crippen molar-refractivity contribution in [2.24, 2.45) is 0 Å². The Bertz CT molecular complexity index is 812. The standard InChI is InChI=1S/C13H13IN2O4S/c1-7-11(13(17)18)15-8(2)12(7)21(19,20)16-10-6-4-3-5-9(10)14/h3-6,15-16H,1-2H3,(H,17,18). The SMILES string of the molecule is Cc1[nH]c(C(=O)O)c(C)c1S(=O)(=O)Nc1ccccc1I. The molecule has 2 rings (SSSR count). The summed E-state index contributed by atoms with van der Waals surface area (Å²) < 4.78 is 28.2. The summed E-state index contributed by atoms with van der Waals surface area (Å²) in [4.78, 5) is 13.6. The molecular weight excluding hydrogens is 407 g/mol. The molecule has 2 aromatic rings. The number of aryl methyl sites for hydroxylation is 1. The van der Waals surface area contributed by atoms with Gasteiger partial charge in [-0.3, -0.25) is 4.72 Å². The summed E-state index contributed by atoms with van der Waals surface area (Å²) in [5, 5.41) is 9.06. The van der Waals surface area contributed by atoms with Crippen LogP contribution in [0.3, 0.4) is 0 Å². The lowest BCUT2D eigenvalue weighted by Gasteiger charge is -2.10. The van der Waals surface area contributed by atoms with Crippen LogP contribution in [-0.4, -0.2) is 24.5 Å². The third-order valence-electron chi connectivity index (χ3n) is 2.97. The van der Waals surface area contributed by atoms with Crippen molar-refractivity contribution in [3.05, 3.63) is 44.8 Å². The lowest BCUT2D eigenvalue weighted by Crippen LogP contribution is -2.15. The number of carboxylic acids is 1. The lowest BCUT2D eigenvalue weighted by molar-refractivity contribution is 0.0690. The van der Waals surface area contributed by atoms with Crippen molar-refractivity contribution in [1.82, 2.24) is 4.98 Å². The highest BCUT2D eigenvalue weighted by Crippen LogP contribution is 2.27. The molecule has 0 unspecified atom stereocenters. The number of aromatic nitrogens is 1. The fourth-order valence-electron chi connectivity index (χ4n) is 2.09. The minimum atomic E-state index is -3.86. The molecule has 0 bridgehead atoms. The highest BCUT2D eigenvalue weighted by molar-refractivity contribution is 14.1. The zero-order chi connectivity index (χ0) is 15.8. The Balaban J connectivity index is 2.51. The molecule has 1 heterocycles. The van der Waals surface area contributed by atoms with Gasteiger partial charge in [-0.05, 0) is 48.6 Å². The Morgan fingerprint density at radius 1 is 1.29 bits per heavy atom. The molecule has 0 amide bonds. The number of anilines is 1. The van der Waals surface area contributed by atoms with Gasteiger partial charge in [-0.2, -0.15) is 0 Å². The fraction of sp³-hybridized carbons (Fsp3) is 0.154. The number of rotatable bonds is 4. The van der Waals surface area contributed by atoms with E-state index in [4.69, 9.17) is 5.11 Å². The summed E-state index contributed by atoms with van der Waals surface area (Å²) in [6.45, 7) is 3.00. The molecule has 0 saturated heterocycles. The van der Waals surface area contributed by atoms with Gasteiger partial charge in [0.15, 0.2) is 0 Å². The number of aromatic amines is 1. The third-order valence-corrected chi connectivity index (χ3v) is 5.55. The molecule has 0 spiro atoms. The monoisotopic (exact) mass is 420 g/mol. The van der Waals surface area contributed by atoms with Crippen molar-refractivity contribution >= 4 is 44.3 Å². The van der Waals surface area contributed by atoms with E-state index in [9.17, 15) is 13.2 Å². The Morgan fingerprint density at radius 3 is 2.43 bits per heavy atom. The van der Waals surface area contributed by atoms with Crippen LogP contribution in [0.4, 0.5) is 5.69 Å². The van der Waals surface area contributed by atoms with Crippen molar-refractivity contribution in [2.75, 3.05) is 4.72 Å². The van der Waals surface area contributed by atoms with Crippen LogP contribution in [0.25, 0.3) is 0 Å². The molecule has 3 N–H and O–H groups in total.